The van der Waals surface area contributed by atoms with Crippen LogP contribution in [0.1, 0.15) is 18.2 Å². The quantitative estimate of drug-likeness (QED) is 0.940. The highest BCUT2D eigenvalue weighted by Gasteiger charge is 2.14. The lowest BCUT2D eigenvalue weighted by Crippen LogP contribution is -1.95. The zero-order valence-electron chi connectivity index (χ0n) is 11.3. The number of aliphatic hydroxyl groups excluding tert-OH is 1. The first-order chi connectivity index (χ1) is 9.12. The predicted octanol–water partition coefficient (Wildman–Crippen LogP) is 2.91. The number of nitrogens with zero attached hydrogens (tertiary/aromatic N) is 2. The molecule has 0 spiro atoms. The third-order valence-corrected chi connectivity index (χ3v) is 4.15. The van der Waals surface area contributed by atoms with Gasteiger partial charge in [0, 0.05) is 12.6 Å². The molecule has 0 unspecified atom stereocenters. The van der Waals surface area contributed by atoms with E-state index in [1.807, 2.05) is 23.7 Å². The van der Waals surface area contributed by atoms with Gasteiger partial charge in [0.2, 0.25) is 0 Å². The van der Waals surface area contributed by atoms with Crippen molar-refractivity contribution in [1.29, 1.82) is 0 Å². The number of aromatic nitrogens is 2. The van der Waals surface area contributed by atoms with Crippen molar-refractivity contribution in [3.8, 4) is 17.1 Å². The smallest absolute Gasteiger partial charge is 0.140 e. The number of imidazole rings is 1. The lowest BCUT2D eigenvalue weighted by atomic mass is 10.1. The van der Waals surface area contributed by atoms with E-state index in [9.17, 15) is 5.11 Å². The van der Waals surface area contributed by atoms with E-state index in [2.05, 4.69) is 33.9 Å². The molecule has 0 saturated heterocycles. The van der Waals surface area contributed by atoms with Crippen molar-refractivity contribution in [1.82, 2.24) is 9.55 Å². The first kappa shape index (κ1) is 14.1. The summed E-state index contributed by atoms with van der Waals surface area (Å²) in [5.41, 5.74) is 2.80. The molecule has 0 saturated carbocycles. The molecule has 2 rings (SSSR count). The molecule has 0 aliphatic heterocycles. The molecule has 1 N–H and O–H groups in total. The molecule has 4 nitrogen and oxygen atoms in total. The van der Waals surface area contributed by atoms with E-state index >= 15 is 0 Å². The largest absolute Gasteiger partial charge is 0.496 e. The molecule has 0 bridgehead atoms. The fourth-order valence-corrected chi connectivity index (χ4v) is 2.47. The number of halogens is 1. The highest BCUT2D eigenvalue weighted by molar-refractivity contribution is 9.10. The van der Waals surface area contributed by atoms with Crippen LogP contribution >= 0.6 is 15.9 Å². The van der Waals surface area contributed by atoms with Gasteiger partial charge in [0.25, 0.3) is 0 Å². The lowest BCUT2D eigenvalue weighted by molar-refractivity contribution is 0.276. The Bertz CT molecular complexity index is 593. The van der Waals surface area contributed by atoms with Crippen molar-refractivity contribution < 1.29 is 9.84 Å². The van der Waals surface area contributed by atoms with Crippen molar-refractivity contribution in [3.05, 3.63) is 34.1 Å². The summed E-state index contributed by atoms with van der Waals surface area (Å²) in [6.45, 7) is 2.01. The second-order valence-corrected chi connectivity index (χ2v) is 5.02. The van der Waals surface area contributed by atoms with Crippen LogP contribution in [0, 0.1) is 0 Å². The molecule has 1 aromatic heterocycles. The molecule has 102 valence electrons. The summed E-state index contributed by atoms with van der Waals surface area (Å²) in [5, 5.41) is 9.26. The van der Waals surface area contributed by atoms with Crippen molar-refractivity contribution in [2.75, 3.05) is 7.11 Å². The molecule has 1 aromatic carbocycles. The van der Waals surface area contributed by atoms with E-state index in [4.69, 9.17) is 4.74 Å². The van der Waals surface area contributed by atoms with Gasteiger partial charge in [-0.15, -0.1) is 0 Å². The molecule has 2 aromatic rings. The molecule has 1 heterocycles. The van der Waals surface area contributed by atoms with Gasteiger partial charge in [0.05, 0.1) is 19.4 Å². The van der Waals surface area contributed by atoms with Gasteiger partial charge in [-0.05, 0) is 46.1 Å². The number of aliphatic hydroxyl groups is 1. The molecular formula is C14H17BrN2O2. The van der Waals surface area contributed by atoms with Crippen molar-refractivity contribution in [2.24, 2.45) is 7.05 Å². The Kier molecular flexibility index (Phi) is 4.27. The monoisotopic (exact) mass is 324 g/mol. The van der Waals surface area contributed by atoms with E-state index in [1.165, 1.54) is 0 Å². The second-order valence-electron chi connectivity index (χ2n) is 4.27. The summed E-state index contributed by atoms with van der Waals surface area (Å²) < 4.78 is 8.06. The minimum Gasteiger partial charge on any atom is -0.496 e. The molecule has 0 amide bonds. The Balaban J connectivity index is 2.53. The first-order valence-electron chi connectivity index (χ1n) is 6.11. The number of rotatable bonds is 4. The third-order valence-electron chi connectivity index (χ3n) is 3.16. The van der Waals surface area contributed by atoms with Gasteiger partial charge < -0.3 is 14.4 Å². The van der Waals surface area contributed by atoms with E-state index < -0.39 is 0 Å². The van der Waals surface area contributed by atoms with E-state index in [1.54, 1.807) is 7.11 Å². The molecule has 0 atom stereocenters. The summed E-state index contributed by atoms with van der Waals surface area (Å²) in [6, 6.07) is 6.01. The van der Waals surface area contributed by atoms with Gasteiger partial charge in [-0.1, -0.05) is 6.92 Å². The first-order valence-corrected chi connectivity index (χ1v) is 6.90. The Hall–Kier alpha value is -1.33. The normalized spacial score (nSPS) is 10.8. The fourth-order valence-electron chi connectivity index (χ4n) is 2.09. The van der Waals surface area contributed by atoms with E-state index in [0.717, 1.165) is 33.7 Å². The summed E-state index contributed by atoms with van der Waals surface area (Å²) in [4.78, 5) is 4.45. The van der Waals surface area contributed by atoms with Crippen LogP contribution in [-0.4, -0.2) is 21.8 Å². The van der Waals surface area contributed by atoms with Crippen LogP contribution in [-0.2, 0) is 20.1 Å². The SMILES string of the molecule is CCc1cc(-c2nc(CO)c(Br)n2C)ccc1OC. The van der Waals surface area contributed by atoms with E-state index in [0.29, 0.717) is 5.69 Å². The highest BCUT2D eigenvalue weighted by atomic mass is 79.9. The molecule has 19 heavy (non-hydrogen) atoms. The maximum atomic E-state index is 9.26. The molecule has 0 aliphatic rings. The predicted molar refractivity (Wildman–Crippen MR) is 78.2 cm³/mol. The van der Waals surface area contributed by atoms with Gasteiger partial charge in [0.15, 0.2) is 0 Å². The summed E-state index contributed by atoms with van der Waals surface area (Å²) in [5.74, 6) is 1.72. The van der Waals surface area contributed by atoms with Gasteiger partial charge in [-0.25, -0.2) is 4.98 Å². The van der Waals surface area contributed by atoms with Crippen LogP contribution in [0.4, 0.5) is 0 Å². The molecule has 0 aliphatic carbocycles. The molecular weight excluding hydrogens is 308 g/mol. The summed E-state index contributed by atoms with van der Waals surface area (Å²) >= 11 is 3.44. The lowest BCUT2D eigenvalue weighted by Gasteiger charge is -2.09. The Morgan fingerprint density at radius 1 is 1.42 bits per heavy atom. The van der Waals surface area contributed by atoms with Gasteiger partial charge in [0.1, 0.15) is 16.2 Å². The Morgan fingerprint density at radius 3 is 2.68 bits per heavy atom. The van der Waals surface area contributed by atoms with Crippen LogP contribution in [0.3, 0.4) is 0 Å². The van der Waals surface area contributed by atoms with Crippen LogP contribution in [0.5, 0.6) is 5.75 Å². The maximum Gasteiger partial charge on any atom is 0.140 e. The fraction of sp³-hybridized carbons (Fsp3) is 0.357. The van der Waals surface area contributed by atoms with Crippen molar-refractivity contribution in [2.45, 2.75) is 20.0 Å². The third kappa shape index (κ3) is 2.53. The van der Waals surface area contributed by atoms with Gasteiger partial charge in [-0.2, -0.15) is 0 Å². The number of methoxy groups -OCH3 is 1. The Labute approximate surface area is 121 Å². The highest BCUT2D eigenvalue weighted by Crippen LogP contribution is 2.29. The maximum absolute atomic E-state index is 9.26. The van der Waals surface area contributed by atoms with Gasteiger partial charge in [-0.3, -0.25) is 0 Å². The number of benzene rings is 1. The second kappa shape index (κ2) is 5.75. The zero-order chi connectivity index (χ0) is 14.0. The number of hydrogen-bond donors (Lipinski definition) is 1. The van der Waals surface area contributed by atoms with Crippen LogP contribution < -0.4 is 4.74 Å². The van der Waals surface area contributed by atoms with Crippen molar-refractivity contribution >= 4 is 15.9 Å². The molecule has 0 radical (unpaired) electrons. The minimum atomic E-state index is -0.0782. The van der Waals surface area contributed by atoms with Gasteiger partial charge >= 0.3 is 0 Å². The van der Waals surface area contributed by atoms with Crippen LogP contribution in [0.15, 0.2) is 22.8 Å². The van der Waals surface area contributed by atoms with E-state index in [-0.39, 0.29) is 6.61 Å². The average Bonchev–Trinajstić information content (AvgIpc) is 2.74. The number of ether oxygens (including phenoxy) is 1. The number of aryl methyl sites for hydroxylation is 1. The van der Waals surface area contributed by atoms with Crippen LogP contribution in [0.2, 0.25) is 0 Å². The van der Waals surface area contributed by atoms with Crippen LogP contribution in [0.25, 0.3) is 11.4 Å². The molecule has 5 heteroatoms. The zero-order valence-corrected chi connectivity index (χ0v) is 12.9. The molecule has 0 fully saturated rings. The summed E-state index contributed by atoms with van der Waals surface area (Å²) in [7, 11) is 3.59. The topological polar surface area (TPSA) is 47.3 Å². The average molecular weight is 325 g/mol. The summed E-state index contributed by atoms with van der Waals surface area (Å²) in [6.07, 6.45) is 0.898. The Morgan fingerprint density at radius 2 is 2.16 bits per heavy atom. The number of hydrogen-bond acceptors (Lipinski definition) is 3. The minimum absolute atomic E-state index is 0.0782. The standard InChI is InChI=1S/C14H17BrN2O2/c1-4-9-7-10(5-6-12(9)19-3)14-16-11(8-18)13(15)17(14)2/h5-7,18H,4,8H2,1-3H3. The van der Waals surface area contributed by atoms with Crippen molar-refractivity contribution in [3.63, 3.8) is 0 Å².